The molecule has 0 fully saturated rings. The van der Waals surface area contributed by atoms with Gasteiger partial charge < -0.3 is 0 Å². The lowest BCUT2D eigenvalue weighted by Crippen LogP contribution is -1.95. The Morgan fingerprint density at radius 3 is 2.67 bits per heavy atom. The zero-order valence-electron chi connectivity index (χ0n) is 8.70. The monoisotopic (exact) mass is 202 g/mol. The maximum absolute atomic E-state index is 12.6. The third-order valence-corrected chi connectivity index (χ3v) is 2.70. The van der Waals surface area contributed by atoms with E-state index in [1.807, 2.05) is 0 Å². The van der Waals surface area contributed by atoms with E-state index in [0.29, 0.717) is 5.92 Å². The van der Waals surface area contributed by atoms with Crippen LogP contribution in [0.1, 0.15) is 24.8 Å². The van der Waals surface area contributed by atoms with E-state index >= 15 is 0 Å². The largest absolute Gasteiger partial charge is 0.207 e. The van der Waals surface area contributed by atoms with E-state index < -0.39 is 0 Å². The molecule has 1 unspecified atom stereocenters. The molecule has 0 spiro atoms. The normalized spacial score (nSPS) is 21.0. The van der Waals surface area contributed by atoms with Crippen molar-refractivity contribution >= 4 is 6.08 Å². The van der Waals surface area contributed by atoms with Gasteiger partial charge in [-0.3, -0.25) is 0 Å². The number of halogens is 1. The Hall–Kier alpha value is -1.37. The molecule has 78 valence electrons. The minimum absolute atomic E-state index is 0.176. The van der Waals surface area contributed by atoms with E-state index in [0.717, 1.165) is 5.56 Å². The molecule has 0 N–H and O–H groups in total. The van der Waals surface area contributed by atoms with Gasteiger partial charge in [-0.25, -0.2) is 4.39 Å². The number of hydrogen-bond acceptors (Lipinski definition) is 0. The Kier molecular flexibility index (Phi) is 3.33. The molecule has 0 aromatic heterocycles. The van der Waals surface area contributed by atoms with Crippen molar-refractivity contribution in [3.8, 4) is 0 Å². The first-order valence-electron chi connectivity index (χ1n) is 5.45. The summed E-state index contributed by atoms with van der Waals surface area (Å²) in [6.45, 7) is 0. The minimum Gasteiger partial charge on any atom is -0.207 e. The number of allylic oxidation sites excluding steroid dienone is 3. The molecule has 0 radical (unpaired) electrons. The maximum Gasteiger partial charge on any atom is 0.123 e. The van der Waals surface area contributed by atoms with Crippen molar-refractivity contribution in [1.82, 2.24) is 0 Å². The second kappa shape index (κ2) is 4.92. The number of rotatable bonds is 2. The molecule has 0 saturated carbocycles. The van der Waals surface area contributed by atoms with Gasteiger partial charge in [-0.05, 0) is 42.9 Å². The van der Waals surface area contributed by atoms with Crippen molar-refractivity contribution in [2.45, 2.75) is 19.3 Å². The Morgan fingerprint density at radius 2 is 2.00 bits per heavy atom. The van der Waals surface area contributed by atoms with Crippen molar-refractivity contribution in [2.75, 3.05) is 0 Å². The quantitative estimate of drug-likeness (QED) is 0.631. The van der Waals surface area contributed by atoms with Gasteiger partial charge in [-0.1, -0.05) is 36.4 Å². The first kappa shape index (κ1) is 10.2. The lowest BCUT2D eigenvalue weighted by molar-refractivity contribution is 0.627. The summed E-state index contributed by atoms with van der Waals surface area (Å²) in [5.74, 6) is 0.383. The second-order valence-corrected chi connectivity index (χ2v) is 3.93. The molecule has 0 heterocycles. The van der Waals surface area contributed by atoms with Crippen LogP contribution >= 0.6 is 0 Å². The Balaban J connectivity index is 2.01. The zero-order chi connectivity index (χ0) is 10.5. The Morgan fingerprint density at radius 1 is 1.20 bits per heavy atom. The lowest BCUT2D eigenvalue weighted by atomic mass is 9.95. The van der Waals surface area contributed by atoms with Crippen LogP contribution in [0.2, 0.25) is 0 Å². The van der Waals surface area contributed by atoms with E-state index in [4.69, 9.17) is 0 Å². The van der Waals surface area contributed by atoms with Gasteiger partial charge in [0.2, 0.25) is 0 Å². The van der Waals surface area contributed by atoms with E-state index in [2.05, 4.69) is 24.3 Å². The van der Waals surface area contributed by atoms with Crippen LogP contribution in [0.25, 0.3) is 6.08 Å². The molecular weight excluding hydrogens is 187 g/mol. The van der Waals surface area contributed by atoms with Crippen LogP contribution in [0.4, 0.5) is 4.39 Å². The lowest BCUT2D eigenvalue weighted by Gasteiger charge is -2.11. The molecule has 1 aromatic rings. The zero-order valence-corrected chi connectivity index (χ0v) is 8.70. The molecule has 1 aliphatic carbocycles. The highest BCUT2D eigenvalue weighted by molar-refractivity contribution is 5.49. The Bertz CT molecular complexity index is 359. The van der Waals surface area contributed by atoms with Crippen molar-refractivity contribution in [1.29, 1.82) is 0 Å². The molecule has 1 atom stereocenters. The van der Waals surface area contributed by atoms with Crippen molar-refractivity contribution in [2.24, 2.45) is 5.92 Å². The number of benzene rings is 1. The average molecular weight is 202 g/mol. The van der Waals surface area contributed by atoms with Crippen molar-refractivity contribution in [3.63, 3.8) is 0 Å². The summed E-state index contributed by atoms with van der Waals surface area (Å²) in [4.78, 5) is 0. The van der Waals surface area contributed by atoms with E-state index in [-0.39, 0.29) is 5.82 Å². The molecule has 0 amide bonds. The highest BCUT2D eigenvalue weighted by atomic mass is 19.1. The maximum atomic E-state index is 12.6. The molecular formula is C14H15F. The molecule has 1 aromatic carbocycles. The molecule has 0 nitrogen and oxygen atoms in total. The summed E-state index contributed by atoms with van der Waals surface area (Å²) in [5, 5.41) is 0. The van der Waals surface area contributed by atoms with Crippen LogP contribution in [0.3, 0.4) is 0 Å². The summed E-state index contributed by atoms with van der Waals surface area (Å²) in [6, 6.07) is 6.60. The van der Waals surface area contributed by atoms with Gasteiger partial charge in [-0.2, -0.15) is 0 Å². The van der Waals surface area contributed by atoms with Crippen LogP contribution in [-0.2, 0) is 0 Å². The fraction of sp³-hybridized carbons (Fsp3) is 0.286. The minimum atomic E-state index is -0.176. The van der Waals surface area contributed by atoms with Gasteiger partial charge in [0.25, 0.3) is 0 Å². The number of hydrogen-bond donors (Lipinski definition) is 0. The summed E-state index contributed by atoms with van der Waals surface area (Å²) in [5.41, 5.74) is 1.07. The van der Waals surface area contributed by atoms with Gasteiger partial charge in [0.1, 0.15) is 5.82 Å². The fourth-order valence-corrected chi connectivity index (χ4v) is 1.81. The fourth-order valence-electron chi connectivity index (χ4n) is 1.81. The van der Waals surface area contributed by atoms with Crippen LogP contribution in [-0.4, -0.2) is 0 Å². The van der Waals surface area contributed by atoms with Crippen LogP contribution in [0.5, 0.6) is 0 Å². The second-order valence-electron chi connectivity index (χ2n) is 3.93. The van der Waals surface area contributed by atoms with E-state index in [1.54, 1.807) is 12.1 Å². The van der Waals surface area contributed by atoms with Gasteiger partial charge in [0, 0.05) is 0 Å². The summed E-state index contributed by atoms with van der Waals surface area (Å²) in [7, 11) is 0. The first-order valence-corrected chi connectivity index (χ1v) is 5.45. The van der Waals surface area contributed by atoms with Gasteiger partial charge in [0.15, 0.2) is 0 Å². The van der Waals surface area contributed by atoms with E-state index in [1.165, 1.54) is 31.4 Å². The molecule has 0 aliphatic heterocycles. The SMILES string of the molecule is Fc1ccc(C=CC2C=CCCC2)cc1. The average Bonchev–Trinajstić information content (AvgIpc) is 2.30. The predicted molar refractivity (Wildman–Crippen MR) is 61.9 cm³/mol. The molecule has 1 aliphatic rings. The highest BCUT2D eigenvalue weighted by Gasteiger charge is 2.03. The smallest absolute Gasteiger partial charge is 0.123 e. The molecule has 0 saturated heterocycles. The summed E-state index contributed by atoms with van der Waals surface area (Å²) >= 11 is 0. The third-order valence-electron chi connectivity index (χ3n) is 2.70. The van der Waals surface area contributed by atoms with Gasteiger partial charge in [-0.15, -0.1) is 0 Å². The van der Waals surface area contributed by atoms with Crippen molar-refractivity contribution < 1.29 is 4.39 Å². The van der Waals surface area contributed by atoms with Crippen LogP contribution in [0.15, 0.2) is 42.5 Å². The van der Waals surface area contributed by atoms with Crippen LogP contribution < -0.4 is 0 Å². The highest BCUT2D eigenvalue weighted by Crippen LogP contribution is 2.19. The molecule has 1 heteroatoms. The molecule has 15 heavy (non-hydrogen) atoms. The predicted octanol–water partition coefficient (Wildman–Crippen LogP) is 4.20. The topological polar surface area (TPSA) is 0 Å². The third kappa shape index (κ3) is 3.05. The molecule has 2 rings (SSSR count). The van der Waals surface area contributed by atoms with Gasteiger partial charge >= 0.3 is 0 Å². The summed E-state index contributed by atoms with van der Waals surface area (Å²) < 4.78 is 12.6. The first-order chi connectivity index (χ1) is 7.34. The Labute approximate surface area is 90.1 Å². The van der Waals surface area contributed by atoms with Crippen molar-refractivity contribution in [3.05, 3.63) is 53.9 Å². The standard InChI is InChI=1S/C14H15F/c15-14-10-8-13(9-11-14)7-6-12-4-2-1-3-5-12/h2,4,6-12H,1,3,5H2. The summed E-state index contributed by atoms with van der Waals surface area (Å²) in [6.07, 6.45) is 12.5. The molecule has 0 bridgehead atoms. The van der Waals surface area contributed by atoms with E-state index in [9.17, 15) is 4.39 Å². The van der Waals surface area contributed by atoms with Gasteiger partial charge in [0.05, 0.1) is 0 Å². The van der Waals surface area contributed by atoms with Crippen LogP contribution in [0, 0.1) is 11.7 Å².